The molecule has 1 N–H and O–H groups in total. The fourth-order valence-electron chi connectivity index (χ4n) is 1.98. The van der Waals surface area contributed by atoms with Gasteiger partial charge in [-0.1, -0.05) is 11.6 Å². The molecule has 2 aromatic heterocycles. The Morgan fingerprint density at radius 1 is 1.43 bits per heavy atom. The smallest absolute Gasteiger partial charge is 0.287 e. The standard InChI is InChI=1S/C12H10ClN5O3/c13-10-11(15-4-3-14-10)16-12(19)9-5-8(18(20)21)6-17(9)7-1-2-7/h3-7H,1-2H2,(H,15,16,19). The van der Waals surface area contributed by atoms with E-state index >= 15 is 0 Å². The van der Waals surface area contributed by atoms with Gasteiger partial charge in [-0.05, 0) is 12.8 Å². The van der Waals surface area contributed by atoms with Crippen molar-refractivity contribution in [1.29, 1.82) is 0 Å². The summed E-state index contributed by atoms with van der Waals surface area (Å²) in [6.07, 6.45) is 5.97. The van der Waals surface area contributed by atoms with E-state index in [9.17, 15) is 14.9 Å². The Morgan fingerprint density at radius 2 is 2.14 bits per heavy atom. The van der Waals surface area contributed by atoms with E-state index in [0.29, 0.717) is 0 Å². The summed E-state index contributed by atoms with van der Waals surface area (Å²) in [6, 6.07) is 1.38. The molecule has 1 aliphatic rings. The fourth-order valence-corrected chi connectivity index (χ4v) is 2.13. The van der Waals surface area contributed by atoms with Crippen molar-refractivity contribution in [2.24, 2.45) is 0 Å². The van der Waals surface area contributed by atoms with Gasteiger partial charge in [0.25, 0.3) is 11.6 Å². The highest BCUT2D eigenvalue weighted by Crippen LogP contribution is 2.38. The molecule has 108 valence electrons. The Kier molecular flexibility index (Phi) is 3.30. The van der Waals surface area contributed by atoms with Crippen molar-refractivity contribution < 1.29 is 9.72 Å². The molecule has 0 unspecified atom stereocenters. The van der Waals surface area contributed by atoms with Crippen LogP contribution in [0.25, 0.3) is 0 Å². The number of nitrogens with one attached hydrogen (secondary N) is 1. The van der Waals surface area contributed by atoms with Crippen LogP contribution in [0.4, 0.5) is 11.5 Å². The molecule has 0 aliphatic heterocycles. The lowest BCUT2D eigenvalue weighted by molar-refractivity contribution is -0.384. The van der Waals surface area contributed by atoms with E-state index in [0.717, 1.165) is 12.8 Å². The van der Waals surface area contributed by atoms with Gasteiger partial charge in [-0.3, -0.25) is 14.9 Å². The maximum atomic E-state index is 12.3. The third-order valence-electron chi connectivity index (χ3n) is 3.10. The molecule has 1 amide bonds. The van der Waals surface area contributed by atoms with E-state index in [1.54, 1.807) is 4.57 Å². The maximum absolute atomic E-state index is 12.3. The summed E-state index contributed by atoms with van der Waals surface area (Å²) < 4.78 is 1.62. The second kappa shape index (κ2) is 5.13. The number of nitrogens with zero attached hydrogens (tertiary/aromatic N) is 4. The summed E-state index contributed by atoms with van der Waals surface area (Å²) in [7, 11) is 0. The number of anilines is 1. The van der Waals surface area contributed by atoms with Crippen LogP contribution in [-0.2, 0) is 0 Å². The zero-order valence-corrected chi connectivity index (χ0v) is 11.4. The summed E-state index contributed by atoms with van der Waals surface area (Å²) >= 11 is 5.82. The van der Waals surface area contributed by atoms with Gasteiger partial charge in [0.2, 0.25) is 0 Å². The van der Waals surface area contributed by atoms with E-state index < -0.39 is 10.8 Å². The second-order valence-electron chi connectivity index (χ2n) is 4.63. The van der Waals surface area contributed by atoms with Crippen molar-refractivity contribution in [2.75, 3.05) is 5.32 Å². The van der Waals surface area contributed by atoms with Gasteiger partial charge in [0.15, 0.2) is 11.0 Å². The molecule has 0 radical (unpaired) electrons. The third-order valence-corrected chi connectivity index (χ3v) is 3.38. The highest BCUT2D eigenvalue weighted by molar-refractivity contribution is 6.32. The Hall–Kier alpha value is -2.48. The minimum absolute atomic E-state index is 0.0601. The Balaban J connectivity index is 1.90. The molecule has 2 aromatic rings. The zero-order valence-electron chi connectivity index (χ0n) is 10.7. The average Bonchev–Trinajstić information content (AvgIpc) is 3.19. The minimum atomic E-state index is -0.523. The molecule has 2 heterocycles. The van der Waals surface area contributed by atoms with Gasteiger partial charge in [0, 0.05) is 24.5 Å². The molecule has 0 aromatic carbocycles. The molecule has 0 atom stereocenters. The summed E-state index contributed by atoms with van der Waals surface area (Å²) in [4.78, 5) is 30.3. The van der Waals surface area contributed by atoms with Gasteiger partial charge in [-0.2, -0.15) is 0 Å². The maximum Gasteiger partial charge on any atom is 0.287 e. The van der Waals surface area contributed by atoms with Gasteiger partial charge < -0.3 is 9.88 Å². The molecule has 3 rings (SSSR count). The molecule has 1 aliphatic carbocycles. The third kappa shape index (κ3) is 2.70. The highest BCUT2D eigenvalue weighted by Gasteiger charge is 2.30. The van der Waals surface area contributed by atoms with Crippen molar-refractivity contribution in [3.8, 4) is 0 Å². The number of halogens is 1. The quantitative estimate of drug-likeness (QED) is 0.690. The number of nitro groups is 1. The van der Waals surface area contributed by atoms with Gasteiger partial charge in [0.05, 0.1) is 11.1 Å². The van der Waals surface area contributed by atoms with Crippen molar-refractivity contribution in [3.63, 3.8) is 0 Å². The molecule has 21 heavy (non-hydrogen) atoms. The van der Waals surface area contributed by atoms with Crippen molar-refractivity contribution in [2.45, 2.75) is 18.9 Å². The van der Waals surface area contributed by atoms with Crippen LogP contribution in [0.3, 0.4) is 0 Å². The first-order valence-corrected chi connectivity index (χ1v) is 6.58. The molecular formula is C12H10ClN5O3. The summed E-state index contributed by atoms with van der Waals surface area (Å²) in [5, 5.41) is 13.4. The van der Waals surface area contributed by atoms with E-state index in [1.807, 2.05) is 0 Å². The minimum Gasteiger partial charge on any atom is -0.334 e. The van der Waals surface area contributed by atoms with Crippen molar-refractivity contribution >= 4 is 29.0 Å². The van der Waals surface area contributed by atoms with E-state index in [2.05, 4.69) is 15.3 Å². The second-order valence-corrected chi connectivity index (χ2v) is 4.99. The first-order valence-electron chi connectivity index (χ1n) is 6.20. The molecule has 8 nitrogen and oxygen atoms in total. The predicted octanol–water partition coefficient (Wildman–Crippen LogP) is 2.43. The number of rotatable bonds is 4. The Morgan fingerprint density at radius 3 is 2.76 bits per heavy atom. The molecule has 1 saturated carbocycles. The number of aromatic nitrogens is 3. The number of carbonyl (C=O) groups excluding carboxylic acids is 1. The number of hydrogen-bond acceptors (Lipinski definition) is 5. The van der Waals surface area contributed by atoms with Crippen LogP contribution in [0, 0.1) is 10.1 Å². The van der Waals surface area contributed by atoms with Crippen LogP contribution in [0.5, 0.6) is 0 Å². The fraction of sp³-hybridized carbons (Fsp3) is 0.250. The van der Waals surface area contributed by atoms with Crippen molar-refractivity contribution in [1.82, 2.24) is 14.5 Å². The number of hydrogen-bond donors (Lipinski definition) is 1. The number of carbonyl (C=O) groups is 1. The molecule has 9 heteroatoms. The lowest BCUT2D eigenvalue weighted by atomic mass is 10.3. The first-order chi connectivity index (χ1) is 10.1. The van der Waals surface area contributed by atoms with E-state index in [4.69, 9.17) is 11.6 Å². The lowest BCUT2D eigenvalue weighted by Gasteiger charge is -2.07. The highest BCUT2D eigenvalue weighted by atomic mass is 35.5. The monoisotopic (exact) mass is 307 g/mol. The van der Waals surface area contributed by atoms with Crippen LogP contribution < -0.4 is 5.32 Å². The number of amides is 1. The molecule has 0 spiro atoms. The summed E-state index contributed by atoms with van der Waals surface area (Å²) in [6.45, 7) is 0. The molecule has 1 fully saturated rings. The van der Waals surface area contributed by atoms with E-state index in [-0.39, 0.29) is 28.4 Å². The van der Waals surface area contributed by atoms with Gasteiger partial charge in [-0.25, -0.2) is 9.97 Å². The Labute approximate surface area is 123 Å². The van der Waals surface area contributed by atoms with Crippen LogP contribution >= 0.6 is 11.6 Å². The average molecular weight is 308 g/mol. The first kappa shape index (κ1) is 13.5. The summed E-state index contributed by atoms with van der Waals surface area (Å²) in [5.74, 6) is -0.382. The lowest BCUT2D eigenvalue weighted by Crippen LogP contribution is -2.17. The van der Waals surface area contributed by atoms with Crippen LogP contribution in [-0.4, -0.2) is 25.4 Å². The topological polar surface area (TPSA) is 103 Å². The van der Waals surface area contributed by atoms with Gasteiger partial charge in [-0.15, -0.1) is 0 Å². The largest absolute Gasteiger partial charge is 0.334 e. The van der Waals surface area contributed by atoms with E-state index in [1.165, 1.54) is 24.7 Å². The zero-order chi connectivity index (χ0) is 15.0. The summed E-state index contributed by atoms with van der Waals surface area (Å²) in [5.41, 5.74) is 0.100. The molecule has 0 bridgehead atoms. The van der Waals surface area contributed by atoms with Crippen LogP contribution in [0.2, 0.25) is 5.15 Å². The SMILES string of the molecule is O=C(Nc1nccnc1Cl)c1cc([N+](=O)[O-])cn1C1CC1. The van der Waals surface area contributed by atoms with Gasteiger partial charge >= 0.3 is 0 Å². The normalized spacial score (nSPS) is 14.0. The molecule has 0 saturated heterocycles. The molecular weight excluding hydrogens is 298 g/mol. The van der Waals surface area contributed by atoms with Crippen LogP contribution in [0.15, 0.2) is 24.7 Å². The van der Waals surface area contributed by atoms with Crippen molar-refractivity contribution in [3.05, 3.63) is 45.6 Å². The van der Waals surface area contributed by atoms with Crippen LogP contribution in [0.1, 0.15) is 29.4 Å². The van der Waals surface area contributed by atoms with Gasteiger partial charge in [0.1, 0.15) is 5.69 Å². The Bertz CT molecular complexity index is 725. The predicted molar refractivity (Wildman–Crippen MR) is 74.4 cm³/mol.